The second-order valence-electron chi connectivity index (χ2n) is 10.8. The molecule has 0 spiro atoms. The zero-order valence-electron chi connectivity index (χ0n) is 21.7. The van der Waals surface area contributed by atoms with Gasteiger partial charge < -0.3 is 14.4 Å². The smallest absolute Gasteiger partial charge is 0.261 e. The second-order valence-corrected chi connectivity index (χ2v) is 10.8. The van der Waals surface area contributed by atoms with Crippen molar-refractivity contribution in [3.05, 3.63) is 71.3 Å². The molecule has 1 saturated heterocycles. The molecule has 38 heavy (non-hydrogen) atoms. The standard InChI is InChI=1S/C30H31N3O5/c1-30(2)18-21-8-5-11-24(27(21)38-30)37-19-25(34)32-15-12-31(13-16-32)14-17-33-28(35)22-9-3-6-20-7-4-10-23(26(20)22)29(33)36/h3-11H,12-19H2,1-2H3. The van der Waals surface area contributed by atoms with Crippen molar-refractivity contribution in [3.63, 3.8) is 0 Å². The van der Waals surface area contributed by atoms with Gasteiger partial charge in [-0.05, 0) is 37.4 Å². The molecule has 0 N–H and O–H groups in total. The van der Waals surface area contributed by atoms with Gasteiger partial charge in [0, 0.05) is 67.8 Å². The lowest BCUT2D eigenvalue weighted by Gasteiger charge is -2.36. The Balaban J connectivity index is 1.01. The highest BCUT2D eigenvalue weighted by atomic mass is 16.5. The Bertz CT molecular complexity index is 1390. The molecule has 0 radical (unpaired) electrons. The number of amides is 3. The number of benzene rings is 3. The maximum Gasteiger partial charge on any atom is 0.261 e. The summed E-state index contributed by atoms with van der Waals surface area (Å²) in [7, 11) is 0. The van der Waals surface area contributed by atoms with Crippen LogP contribution in [0.15, 0.2) is 54.6 Å². The fraction of sp³-hybridized carbons (Fsp3) is 0.367. The van der Waals surface area contributed by atoms with Gasteiger partial charge in [0.2, 0.25) is 0 Å². The minimum absolute atomic E-state index is 0.0397. The first-order valence-electron chi connectivity index (χ1n) is 13.1. The lowest BCUT2D eigenvalue weighted by atomic mass is 9.94. The fourth-order valence-corrected chi connectivity index (χ4v) is 5.68. The highest BCUT2D eigenvalue weighted by molar-refractivity contribution is 6.25. The van der Waals surface area contributed by atoms with Crippen molar-refractivity contribution >= 4 is 28.5 Å². The van der Waals surface area contributed by atoms with Gasteiger partial charge >= 0.3 is 0 Å². The van der Waals surface area contributed by atoms with E-state index in [1.807, 2.05) is 56.3 Å². The van der Waals surface area contributed by atoms with Crippen LogP contribution in [0, 0.1) is 0 Å². The topological polar surface area (TPSA) is 79.4 Å². The van der Waals surface area contributed by atoms with Crippen molar-refractivity contribution in [2.24, 2.45) is 0 Å². The quantitative estimate of drug-likeness (QED) is 0.471. The molecule has 8 heteroatoms. The molecule has 3 aliphatic heterocycles. The number of rotatable bonds is 6. The van der Waals surface area contributed by atoms with E-state index < -0.39 is 0 Å². The first kappa shape index (κ1) is 24.4. The molecule has 0 aliphatic carbocycles. The molecule has 0 atom stereocenters. The SMILES string of the molecule is CC1(C)Cc2cccc(OCC(=O)N3CCN(CCN4C(=O)c5cccc6cccc(c56)C4=O)CC3)c2O1. The second kappa shape index (κ2) is 9.44. The predicted octanol–water partition coefficient (Wildman–Crippen LogP) is 3.37. The lowest BCUT2D eigenvalue weighted by Crippen LogP contribution is -2.52. The largest absolute Gasteiger partial charge is 0.483 e. The molecule has 196 valence electrons. The molecule has 3 amide bonds. The highest BCUT2D eigenvalue weighted by Crippen LogP contribution is 2.41. The van der Waals surface area contributed by atoms with Gasteiger partial charge in [-0.3, -0.25) is 24.2 Å². The van der Waals surface area contributed by atoms with Crippen molar-refractivity contribution in [1.82, 2.24) is 14.7 Å². The van der Waals surface area contributed by atoms with Crippen molar-refractivity contribution in [2.75, 3.05) is 45.9 Å². The predicted molar refractivity (Wildman–Crippen MR) is 143 cm³/mol. The summed E-state index contributed by atoms with van der Waals surface area (Å²) in [5, 5.41) is 1.64. The van der Waals surface area contributed by atoms with E-state index >= 15 is 0 Å². The molecule has 3 aromatic carbocycles. The van der Waals surface area contributed by atoms with E-state index in [1.165, 1.54) is 4.90 Å². The van der Waals surface area contributed by atoms with Crippen molar-refractivity contribution in [2.45, 2.75) is 25.9 Å². The molecule has 3 aliphatic rings. The van der Waals surface area contributed by atoms with Gasteiger partial charge in [-0.15, -0.1) is 0 Å². The van der Waals surface area contributed by atoms with Crippen molar-refractivity contribution in [1.29, 1.82) is 0 Å². The molecule has 6 rings (SSSR count). The average molecular weight is 514 g/mol. The summed E-state index contributed by atoms with van der Waals surface area (Å²) in [5.41, 5.74) is 1.97. The van der Waals surface area contributed by atoms with Crippen LogP contribution in [0.3, 0.4) is 0 Å². The van der Waals surface area contributed by atoms with Crippen LogP contribution in [0.1, 0.15) is 40.1 Å². The van der Waals surface area contributed by atoms with Gasteiger partial charge in [0.25, 0.3) is 17.7 Å². The van der Waals surface area contributed by atoms with Crippen LogP contribution in [-0.2, 0) is 11.2 Å². The van der Waals surface area contributed by atoms with Crippen LogP contribution in [-0.4, -0.2) is 83.9 Å². The summed E-state index contributed by atoms with van der Waals surface area (Å²) in [6.45, 7) is 7.41. The third-order valence-electron chi connectivity index (χ3n) is 7.63. The number of nitrogens with zero attached hydrogens (tertiary/aromatic N) is 3. The van der Waals surface area contributed by atoms with E-state index in [0.29, 0.717) is 56.1 Å². The van der Waals surface area contributed by atoms with E-state index in [2.05, 4.69) is 4.90 Å². The van der Waals surface area contributed by atoms with Crippen LogP contribution < -0.4 is 9.47 Å². The number of carbonyl (C=O) groups excluding carboxylic acids is 3. The third-order valence-corrected chi connectivity index (χ3v) is 7.63. The summed E-state index contributed by atoms with van der Waals surface area (Å²) in [6, 6.07) is 16.9. The van der Waals surface area contributed by atoms with Gasteiger partial charge in [-0.25, -0.2) is 0 Å². The van der Waals surface area contributed by atoms with E-state index in [9.17, 15) is 14.4 Å². The van der Waals surface area contributed by atoms with Gasteiger partial charge in [0.05, 0.1) is 0 Å². The monoisotopic (exact) mass is 513 g/mol. The van der Waals surface area contributed by atoms with Crippen molar-refractivity contribution < 1.29 is 23.9 Å². The third kappa shape index (κ3) is 4.39. The Morgan fingerprint density at radius 2 is 1.55 bits per heavy atom. The van der Waals surface area contributed by atoms with E-state index in [1.54, 1.807) is 17.0 Å². The van der Waals surface area contributed by atoms with Crippen LogP contribution in [0.4, 0.5) is 0 Å². The number of ether oxygens (including phenoxy) is 2. The first-order chi connectivity index (χ1) is 18.3. The van der Waals surface area contributed by atoms with Gasteiger partial charge in [0.1, 0.15) is 5.60 Å². The molecular formula is C30H31N3O5. The van der Waals surface area contributed by atoms with Gasteiger partial charge in [0.15, 0.2) is 18.1 Å². The van der Waals surface area contributed by atoms with Gasteiger partial charge in [-0.1, -0.05) is 36.4 Å². The Kier molecular flexibility index (Phi) is 6.07. The van der Waals surface area contributed by atoms with Crippen molar-refractivity contribution in [3.8, 4) is 11.5 Å². The normalized spacial score (nSPS) is 18.5. The molecular weight excluding hydrogens is 482 g/mol. The molecule has 1 fully saturated rings. The molecule has 0 saturated carbocycles. The minimum Gasteiger partial charge on any atom is -0.483 e. The maximum atomic E-state index is 13.1. The summed E-state index contributed by atoms with van der Waals surface area (Å²) in [6.07, 6.45) is 0.812. The average Bonchev–Trinajstić information content (AvgIpc) is 3.25. The maximum absolute atomic E-state index is 13.1. The molecule has 0 bridgehead atoms. The zero-order chi connectivity index (χ0) is 26.4. The molecule has 0 aromatic heterocycles. The summed E-state index contributed by atoms with van der Waals surface area (Å²) in [4.78, 5) is 44.5. The molecule has 3 heterocycles. The molecule has 3 aromatic rings. The number of fused-ring (bicyclic) bond motifs is 1. The van der Waals surface area contributed by atoms with Crippen LogP contribution in [0.2, 0.25) is 0 Å². The van der Waals surface area contributed by atoms with Crippen LogP contribution >= 0.6 is 0 Å². The number of imide groups is 1. The summed E-state index contributed by atoms with van der Waals surface area (Å²) in [5.74, 6) is 0.782. The number of piperazine rings is 1. The minimum atomic E-state index is -0.276. The van der Waals surface area contributed by atoms with E-state index in [0.717, 1.165) is 28.5 Å². The highest BCUT2D eigenvalue weighted by Gasteiger charge is 2.34. The Labute approximate surface area is 221 Å². The van der Waals surface area contributed by atoms with Gasteiger partial charge in [-0.2, -0.15) is 0 Å². The van der Waals surface area contributed by atoms with E-state index in [4.69, 9.17) is 9.47 Å². The van der Waals surface area contributed by atoms with Crippen LogP contribution in [0.25, 0.3) is 10.8 Å². The molecule has 8 nitrogen and oxygen atoms in total. The lowest BCUT2D eigenvalue weighted by molar-refractivity contribution is -0.135. The van der Waals surface area contributed by atoms with E-state index in [-0.39, 0.29) is 29.9 Å². The molecule has 0 unspecified atom stereocenters. The number of hydrogen-bond donors (Lipinski definition) is 0. The Morgan fingerprint density at radius 3 is 2.24 bits per heavy atom. The Hall–Kier alpha value is -3.91. The zero-order valence-corrected chi connectivity index (χ0v) is 21.7. The summed E-state index contributed by atoms with van der Waals surface area (Å²) < 4.78 is 11.9. The summed E-state index contributed by atoms with van der Waals surface area (Å²) >= 11 is 0. The number of carbonyl (C=O) groups is 3. The number of para-hydroxylation sites is 1. The first-order valence-corrected chi connectivity index (χ1v) is 13.1. The van der Waals surface area contributed by atoms with Crippen LogP contribution in [0.5, 0.6) is 11.5 Å². The Morgan fingerprint density at radius 1 is 0.895 bits per heavy atom. The fourth-order valence-electron chi connectivity index (χ4n) is 5.68. The number of hydrogen-bond acceptors (Lipinski definition) is 6.